The van der Waals surface area contributed by atoms with Crippen molar-refractivity contribution in [2.75, 3.05) is 18.0 Å². The first-order valence-corrected chi connectivity index (χ1v) is 10.1. The summed E-state index contributed by atoms with van der Waals surface area (Å²) < 4.78 is 13.2. The Morgan fingerprint density at radius 1 is 1.13 bits per heavy atom. The Balaban J connectivity index is 1.26. The van der Waals surface area contributed by atoms with E-state index in [1.54, 1.807) is 12.1 Å². The number of aromatic nitrogens is 3. The third kappa shape index (κ3) is 3.66. The van der Waals surface area contributed by atoms with Gasteiger partial charge in [0.15, 0.2) is 5.82 Å². The van der Waals surface area contributed by atoms with E-state index in [0.29, 0.717) is 12.1 Å². The highest BCUT2D eigenvalue weighted by molar-refractivity contribution is 5.98. The van der Waals surface area contributed by atoms with Gasteiger partial charge in [-0.25, -0.2) is 4.39 Å². The van der Waals surface area contributed by atoms with Gasteiger partial charge in [-0.05, 0) is 66.9 Å². The fraction of sp³-hybridized carbons (Fsp3) is 0.217. The van der Waals surface area contributed by atoms with Crippen LogP contribution in [-0.2, 0) is 0 Å². The second-order valence-electron chi connectivity index (χ2n) is 7.69. The number of carbonyl (C=O) groups excluding carboxylic acids is 1. The van der Waals surface area contributed by atoms with Crippen LogP contribution in [0.1, 0.15) is 23.2 Å². The van der Waals surface area contributed by atoms with Crippen LogP contribution in [0.3, 0.4) is 0 Å². The van der Waals surface area contributed by atoms with E-state index in [1.165, 1.54) is 12.1 Å². The Morgan fingerprint density at radius 2 is 2.00 bits per heavy atom. The molecule has 1 aliphatic heterocycles. The molecule has 1 atom stereocenters. The summed E-state index contributed by atoms with van der Waals surface area (Å²) in [6.07, 6.45) is 3.78. The second-order valence-corrected chi connectivity index (χ2v) is 7.69. The van der Waals surface area contributed by atoms with Gasteiger partial charge < -0.3 is 15.2 Å². The standard InChI is InChI=1S/C23H22FN5O/c24-18-6-3-15(4-7-18)21-13-22(28-27-21)29-11-1-2-19(14-29)26-23(30)17-5-8-20-16(12-17)9-10-25-20/h3-10,12-13,19,25H,1-2,11,14H2,(H,26,30)(H,27,28)/t19-/m1/s1. The molecular formula is C23H22FN5O. The number of amides is 1. The monoisotopic (exact) mass is 403 g/mol. The lowest BCUT2D eigenvalue weighted by Gasteiger charge is -2.33. The van der Waals surface area contributed by atoms with Crippen molar-refractivity contribution < 1.29 is 9.18 Å². The molecule has 2 aromatic heterocycles. The summed E-state index contributed by atoms with van der Waals surface area (Å²) >= 11 is 0. The minimum Gasteiger partial charge on any atom is -0.361 e. The minimum absolute atomic E-state index is 0.0548. The van der Waals surface area contributed by atoms with Crippen molar-refractivity contribution >= 4 is 22.6 Å². The van der Waals surface area contributed by atoms with Gasteiger partial charge in [-0.2, -0.15) is 5.10 Å². The van der Waals surface area contributed by atoms with E-state index in [-0.39, 0.29) is 17.8 Å². The van der Waals surface area contributed by atoms with E-state index < -0.39 is 0 Å². The van der Waals surface area contributed by atoms with Crippen molar-refractivity contribution in [1.82, 2.24) is 20.5 Å². The van der Waals surface area contributed by atoms with E-state index in [1.807, 2.05) is 36.5 Å². The molecule has 0 saturated carbocycles. The summed E-state index contributed by atoms with van der Waals surface area (Å²) in [7, 11) is 0. The molecule has 4 aromatic rings. The number of carbonyl (C=O) groups is 1. The van der Waals surface area contributed by atoms with E-state index >= 15 is 0 Å². The van der Waals surface area contributed by atoms with Crippen LogP contribution in [0.25, 0.3) is 22.2 Å². The molecule has 0 spiro atoms. The second kappa shape index (κ2) is 7.67. The molecule has 30 heavy (non-hydrogen) atoms. The van der Waals surface area contributed by atoms with E-state index in [9.17, 15) is 9.18 Å². The highest BCUT2D eigenvalue weighted by atomic mass is 19.1. The first-order chi connectivity index (χ1) is 14.7. The number of aromatic amines is 2. The van der Waals surface area contributed by atoms with Crippen LogP contribution in [0, 0.1) is 5.82 Å². The predicted molar refractivity (Wildman–Crippen MR) is 115 cm³/mol. The van der Waals surface area contributed by atoms with Gasteiger partial charge in [0.25, 0.3) is 5.91 Å². The SMILES string of the molecule is O=C(N[C@@H]1CCCN(c2cc(-c3ccc(F)cc3)[nH]n2)C1)c1ccc2[nH]ccc2c1. The quantitative estimate of drug-likeness (QED) is 0.480. The molecule has 1 saturated heterocycles. The summed E-state index contributed by atoms with van der Waals surface area (Å²) in [6, 6.07) is 16.0. The Bertz CT molecular complexity index is 1180. The molecule has 7 heteroatoms. The highest BCUT2D eigenvalue weighted by Gasteiger charge is 2.24. The van der Waals surface area contributed by atoms with Gasteiger partial charge in [0, 0.05) is 47.9 Å². The topological polar surface area (TPSA) is 76.8 Å². The Morgan fingerprint density at radius 3 is 2.87 bits per heavy atom. The smallest absolute Gasteiger partial charge is 0.251 e. The number of nitrogens with zero attached hydrogens (tertiary/aromatic N) is 2. The summed E-state index contributed by atoms with van der Waals surface area (Å²) in [5, 5.41) is 11.7. The summed E-state index contributed by atoms with van der Waals surface area (Å²) in [4.78, 5) is 18.1. The molecule has 3 N–H and O–H groups in total. The average molecular weight is 403 g/mol. The van der Waals surface area contributed by atoms with Gasteiger partial charge in [-0.3, -0.25) is 9.89 Å². The zero-order chi connectivity index (χ0) is 20.5. The predicted octanol–water partition coefficient (Wildman–Crippen LogP) is 4.10. The molecule has 0 bridgehead atoms. The lowest BCUT2D eigenvalue weighted by atomic mass is 10.0. The number of H-pyrrole nitrogens is 2. The molecule has 0 unspecified atom stereocenters. The fourth-order valence-electron chi connectivity index (χ4n) is 4.02. The highest BCUT2D eigenvalue weighted by Crippen LogP contribution is 2.24. The number of hydrogen-bond donors (Lipinski definition) is 3. The molecular weight excluding hydrogens is 381 g/mol. The van der Waals surface area contributed by atoms with Crippen LogP contribution in [0.5, 0.6) is 0 Å². The molecule has 2 aromatic carbocycles. The molecule has 1 amide bonds. The minimum atomic E-state index is -0.260. The van der Waals surface area contributed by atoms with Crippen LogP contribution in [0.15, 0.2) is 60.8 Å². The van der Waals surface area contributed by atoms with Crippen molar-refractivity contribution in [1.29, 1.82) is 0 Å². The van der Waals surface area contributed by atoms with E-state index in [4.69, 9.17) is 0 Å². The number of halogens is 1. The average Bonchev–Trinajstić information content (AvgIpc) is 3.44. The summed E-state index contributed by atoms with van der Waals surface area (Å²) in [6.45, 7) is 1.58. The molecule has 1 aliphatic rings. The fourth-order valence-corrected chi connectivity index (χ4v) is 4.02. The third-order valence-electron chi connectivity index (χ3n) is 5.62. The van der Waals surface area contributed by atoms with Crippen molar-refractivity contribution in [3.8, 4) is 11.3 Å². The van der Waals surface area contributed by atoms with Gasteiger partial charge in [0.2, 0.25) is 0 Å². The van der Waals surface area contributed by atoms with Crippen LogP contribution in [0.2, 0.25) is 0 Å². The number of fused-ring (bicyclic) bond motifs is 1. The lowest BCUT2D eigenvalue weighted by Crippen LogP contribution is -2.48. The maximum absolute atomic E-state index is 13.2. The first-order valence-electron chi connectivity index (χ1n) is 10.1. The summed E-state index contributed by atoms with van der Waals surface area (Å²) in [5.74, 6) is 0.518. The maximum atomic E-state index is 13.2. The normalized spacial score (nSPS) is 16.7. The summed E-state index contributed by atoms with van der Waals surface area (Å²) in [5.41, 5.74) is 3.41. The lowest BCUT2D eigenvalue weighted by molar-refractivity contribution is 0.0933. The number of anilines is 1. The van der Waals surface area contributed by atoms with Crippen LogP contribution in [-0.4, -0.2) is 40.2 Å². The van der Waals surface area contributed by atoms with Crippen molar-refractivity contribution in [2.24, 2.45) is 0 Å². The zero-order valence-electron chi connectivity index (χ0n) is 16.4. The molecule has 3 heterocycles. The molecule has 5 rings (SSSR count). The van der Waals surface area contributed by atoms with Crippen molar-refractivity contribution in [2.45, 2.75) is 18.9 Å². The van der Waals surface area contributed by atoms with E-state index in [0.717, 1.165) is 47.4 Å². The number of rotatable bonds is 4. The third-order valence-corrected chi connectivity index (χ3v) is 5.62. The number of piperidine rings is 1. The Labute approximate surface area is 173 Å². The van der Waals surface area contributed by atoms with Crippen molar-refractivity contribution in [3.05, 3.63) is 72.2 Å². The number of benzene rings is 2. The Hall–Kier alpha value is -3.61. The van der Waals surface area contributed by atoms with Crippen LogP contribution in [0.4, 0.5) is 10.2 Å². The number of hydrogen-bond acceptors (Lipinski definition) is 3. The molecule has 6 nitrogen and oxygen atoms in total. The van der Waals surface area contributed by atoms with Gasteiger partial charge >= 0.3 is 0 Å². The maximum Gasteiger partial charge on any atom is 0.251 e. The van der Waals surface area contributed by atoms with Gasteiger partial charge in [0.1, 0.15) is 5.82 Å². The van der Waals surface area contributed by atoms with Crippen LogP contribution >= 0.6 is 0 Å². The molecule has 0 radical (unpaired) electrons. The molecule has 1 fully saturated rings. The van der Waals surface area contributed by atoms with Crippen LogP contribution < -0.4 is 10.2 Å². The Kier molecular flexibility index (Phi) is 4.71. The zero-order valence-corrected chi connectivity index (χ0v) is 16.4. The molecule has 0 aliphatic carbocycles. The van der Waals surface area contributed by atoms with E-state index in [2.05, 4.69) is 25.4 Å². The van der Waals surface area contributed by atoms with Gasteiger partial charge in [-0.1, -0.05) is 0 Å². The van der Waals surface area contributed by atoms with Gasteiger partial charge in [0.05, 0.1) is 5.69 Å². The first kappa shape index (κ1) is 18.4. The van der Waals surface area contributed by atoms with Crippen molar-refractivity contribution in [3.63, 3.8) is 0 Å². The largest absolute Gasteiger partial charge is 0.361 e. The molecule has 152 valence electrons. The number of nitrogens with one attached hydrogen (secondary N) is 3. The van der Waals surface area contributed by atoms with Gasteiger partial charge in [-0.15, -0.1) is 0 Å².